The molecule has 0 rings (SSSR count). The molecule has 0 aliphatic heterocycles. The predicted octanol–water partition coefficient (Wildman–Crippen LogP) is 0.906. The van der Waals surface area contributed by atoms with E-state index in [4.69, 9.17) is 14.7 Å². The summed E-state index contributed by atoms with van der Waals surface area (Å²) in [6.45, 7) is 1.96. The summed E-state index contributed by atoms with van der Waals surface area (Å²) in [5.74, 6) is -0.421. The standard InChI is InChI=1S/C9H17NO3/c1-4-5-7(6-10)8(11)9(12-2)13-3/h7-9,11H,4-5H2,1-3H3. The molecule has 0 radical (unpaired) electrons. The van der Waals surface area contributed by atoms with Crippen molar-refractivity contribution in [3.05, 3.63) is 0 Å². The quantitative estimate of drug-likeness (QED) is 0.628. The van der Waals surface area contributed by atoms with Crippen molar-refractivity contribution >= 4 is 0 Å². The van der Waals surface area contributed by atoms with Gasteiger partial charge < -0.3 is 14.6 Å². The van der Waals surface area contributed by atoms with E-state index in [9.17, 15) is 5.11 Å². The van der Waals surface area contributed by atoms with Crippen LogP contribution in [-0.2, 0) is 9.47 Å². The Morgan fingerprint density at radius 2 is 1.92 bits per heavy atom. The van der Waals surface area contributed by atoms with Gasteiger partial charge in [-0.3, -0.25) is 0 Å². The van der Waals surface area contributed by atoms with E-state index >= 15 is 0 Å². The molecule has 4 heteroatoms. The highest BCUT2D eigenvalue weighted by molar-refractivity contribution is 4.89. The van der Waals surface area contributed by atoms with Gasteiger partial charge in [0.05, 0.1) is 12.0 Å². The molecular weight excluding hydrogens is 170 g/mol. The van der Waals surface area contributed by atoms with Crippen molar-refractivity contribution in [2.45, 2.75) is 32.2 Å². The van der Waals surface area contributed by atoms with E-state index in [0.29, 0.717) is 6.42 Å². The van der Waals surface area contributed by atoms with E-state index in [2.05, 4.69) is 0 Å². The highest BCUT2D eigenvalue weighted by atomic mass is 16.7. The molecule has 0 saturated carbocycles. The number of nitriles is 1. The van der Waals surface area contributed by atoms with Gasteiger partial charge in [-0.1, -0.05) is 13.3 Å². The van der Waals surface area contributed by atoms with E-state index in [1.807, 2.05) is 13.0 Å². The minimum atomic E-state index is -0.875. The number of hydrogen-bond donors (Lipinski definition) is 1. The maximum Gasteiger partial charge on any atom is 0.184 e. The molecule has 1 N–H and O–H groups in total. The lowest BCUT2D eigenvalue weighted by Crippen LogP contribution is -2.35. The van der Waals surface area contributed by atoms with E-state index in [1.165, 1.54) is 14.2 Å². The second-order valence-electron chi connectivity index (χ2n) is 2.85. The molecule has 0 fully saturated rings. The summed E-state index contributed by atoms with van der Waals surface area (Å²) in [6.07, 6.45) is -0.0767. The number of methoxy groups -OCH3 is 2. The topological polar surface area (TPSA) is 62.5 Å². The normalized spacial score (nSPS) is 15.4. The molecule has 0 bridgehead atoms. The molecule has 76 valence electrons. The van der Waals surface area contributed by atoms with Gasteiger partial charge in [0.25, 0.3) is 0 Å². The molecule has 0 aromatic carbocycles. The van der Waals surface area contributed by atoms with E-state index in [0.717, 1.165) is 6.42 Å². The summed E-state index contributed by atoms with van der Waals surface area (Å²) in [4.78, 5) is 0. The van der Waals surface area contributed by atoms with Crippen LogP contribution in [0.15, 0.2) is 0 Å². The van der Waals surface area contributed by atoms with Crippen molar-refractivity contribution in [1.29, 1.82) is 5.26 Å². The first-order valence-corrected chi connectivity index (χ1v) is 4.34. The van der Waals surface area contributed by atoms with Crippen LogP contribution in [0.2, 0.25) is 0 Å². The summed E-state index contributed by atoms with van der Waals surface area (Å²) in [7, 11) is 2.88. The van der Waals surface area contributed by atoms with Crippen molar-refractivity contribution in [1.82, 2.24) is 0 Å². The highest BCUT2D eigenvalue weighted by Crippen LogP contribution is 2.15. The fraction of sp³-hybridized carbons (Fsp3) is 0.889. The molecule has 13 heavy (non-hydrogen) atoms. The molecular formula is C9H17NO3. The van der Waals surface area contributed by atoms with Crippen molar-refractivity contribution in [3.63, 3.8) is 0 Å². The first-order valence-electron chi connectivity index (χ1n) is 4.34. The SMILES string of the molecule is CCCC(C#N)C(O)C(OC)OC. The van der Waals surface area contributed by atoms with Gasteiger partial charge >= 0.3 is 0 Å². The fourth-order valence-corrected chi connectivity index (χ4v) is 1.19. The Morgan fingerprint density at radius 1 is 1.38 bits per heavy atom. The molecule has 2 unspecified atom stereocenters. The molecule has 0 spiro atoms. The van der Waals surface area contributed by atoms with Crippen LogP contribution in [0.3, 0.4) is 0 Å². The Kier molecular flexibility index (Phi) is 6.51. The van der Waals surface area contributed by atoms with Gasteiger partial charge in [-0.05, 0) is 6.42 Å². The maximum atomic E-state index is 9.63. The zero-order valence-corrected chi connectivity index (χ0v) is 8.36. The van der Waals surface area contributed by atoms with Gasteiger partial charge in [0, 0.05) is 14.2 Å². The fourth-order valence-electron chi connectivity index (χ4n) is 1.19. The number of nitrogens with zero attached hydrogens (tertiary/aromatic N) is 1. The van der Waals surface area contributed by atoms with Gasteiger partial charge in [0.2, 0.25) is 0 Å². The van der Waals surface area contributed by atoms with Crippen LogP contribution in [0, 0.1) is 17.2 Å². The summed E-state index contributed by atoms with van der Waals surface area (Å²) in [6, 6.07) is 2.04. The van der Waals surface area contributed by atoms with E-state index in [-0.39, 0.29) is 0 Å². The van der Waals surface area contributed by atoms with Gasteiger partial charge in [-0.25, -0.2) is 0 Å². The highest BCUT2D eigenvalue weighted by Gasteiger charge is 2.26. The Morgan fingerprint density at radius 3 is 2.23 bits per heavy atom. The second kappa shape index (κ2) is 6.84. The monoisotopic (exact) mass is 187 g/mol. The van der Waals surface area contributed by atoms with Crippen LogP contribution in [0.25, 0.3) is 0 Å². The third kappa shape index (κ3) is 3.73. The summed E-state index contributed by atoms with van der Waals surface area (Å²) in [5, 5.41) is 18.4. The van der Waals surface area contributed by atoms with Gasteiger partial charge in [-0.2, -0.15) is 5.26 Å². The van der Waals surface area contributed by atoms with Gasteiger partial charge in [-0.15, -0.1) is 0 Å². The largest absolute Gasteiger partial charge is 0.386 e. The first kappa shape index (κ1) is 12.4. The molecule has 0 amide bonds. The number of rotatable bonds is 6. The van der Waals surface area contributed by atoms with Crippen LogP contribution < -0.4 is 0 Å². The average molecular weight is 187 g/mol. The lowest BCUT2D eigenvalue weighted by molar-refractivity contribution is -0.173. The van der Waals surface area contributed by atoms with E-state index in [1.54, 1.807) is 0 Å². The second-order valence-corrected chi connectivity index (χ2v) is 2.85. The van der Waals surface area contributed by atoms with Crippen LogP contribution >= 0.6 is 0 Å². The minimum Gasteiger partial charge on any atom is -0.386 e. The first-order chi connectivity index (χ1) is 6.21. The predicted molar refractivity (Wildman–Crippen MR) is 47.8 cm³/mol. The Bertz CT molecular complexity index is 163. The number of aliphatic hydroxyl groups is 1. The van der Waals surface area contributed by atoms with Crippen LogP contribution in [0.4, 0.5) is 0 Å². The van der Waals surface area contributed by atoms with Crippen molar-refractivity contribution in [3.8, 4) is 6.07 Å². The van der Waals surface area contributed by atoms with Crippen LogP contribution in [0.5, 0.6) is 0 Å². The lowest BCUT2D eigenvalue weighted by atomic mass is 9.98. The molecule has 0 aliphatic carbocycles. The van der Waals surface area contributed by atoms with Crippen molar-refractivity contribution in [2.75, 3.05) is 14.2 Å². The smallest absolute Gasteiger partial charge is 0.184 e. The summed E-state index contributed by atoms with van der Waals surface area (Å²) < 4.78 is 9.73. The molecule has 0 aliphatic rings. The number of hydrogen-bond acceptors (Lipinski definition) is 4. The lowest BCUT2D eigenvalue weighted by Gasteiger charge is -2.23. The maximum absolute atomic E-state index is 9.63. The minimum absolute atomic E-state index is 0.421. The Labute approximate surface area is 79.1 Å². The molecule has 0 aromatic rings. The molecule has 0 saturated heterocycles. The van der Waals surface area contributed by atoms with Gasteiger partial charge in [0.15, 0.2) is 6.29 Å². The molecule has 0 aromatic heterocycles. The molecule has 4 nitrogen and oxygen atoms in total. The van der Waals surface area contributed by atoms with Crippen LogP contribution in [-0.4, -0.2) is 31.7 Å². The molecule has 2 atom stereocenters. The number of ether oxygens (including phenoxy) is 2. The van der Waals surface area contributed by atoms with Crippen LogP contribution in [0.1, 0.15) is 19.8 Å². The van der Waals surface area contributed by atoms with E-state index < -0.39 is 18.3 Å². The zero-order chi connectivity index (χ0) is 10.3. The summed E-state index contributed by atoms with van der Waals surface area (Å²) >= 11 is 0. The third-order valence-corrected chi connectivity index (χ3v) is 1.92. The van der Waals surface area contributed by atoms with Crippen molar-refractivity contribution < 1.29 is 14.6 Å². The molecule has 0 heterocycles. The third-order valence-electron chi connectivity index (χ3n) is 1.92. The van der Waals surface area contributed by atoms with Gasteiger partial charge in [0.1, 0.15) is 6.10 Å². The Hall–Kier alpha value is -0.630. The number of aliphatic hydroxyl groups excluding tert-OH is 1. The zero-order valence-electron chi connectivity index (χ0n) is 8.36. The average Bonchev–Trinajstić information content (AvgIpc) is 2.15. The van der Waals surface area contributed by atoms with Crippen molar-refractivity contribution in [2.24, 2.45) is 5.92 Å². The Balaban J connectivity index is 4.18. The summed E-state index contributed by atoms with van der Waals surface area (Å²) in [5.41, 5.74) is 0.